The number of nitrogens with zero attached hydrogens (tertiary/aromatic N) is 1. The van der Waals surface area contributed by atoms with Crippen LogP contribution in [0.25, 0.3) is 0 Å². The first-order valence-electron chi connectivity index (χ1n) is 5.61. The van der Waals surface area contributed by atoms with Crippen LogP contribution < -0.4 is 11.1 Å². The maximum Gasteiger partial charge on any atom is 0.268 e. The van der Waals surface area contributed by atoms with Crippen LogP contribution in [0.1, 0.15) is 17.3 Å². The molecule has 0 saturated heterocycles. The number of hydrogen-bond donors (Lipinski definition) is 2. The van der Waals surface area contributed by atoms with Gasteiger partial charge in [-0.25, -0.2) is 8.78 Å². The average Bonchev–Trinajstić information content (AvgIpc) is 2.37. The van der Waals surface area contributed by atoms with Crippen molar-refractivity contribution in [2.75, 3.05) is 7.05 Å². The van der Waals surface area contributed by atoms with Gasteiger partial charge in [-0.1, -0.05) is 12.1 Å². The minimum Gasteiger partial charge on any atom is -0.364 e. The minimum atomic E-state index is -1.03. The molecule has 0 aliphatic rings. The highest BCUT2D eigenvalue weighted by Crippen LogP contribution is 2.12. The number of allylic oxidation sites excluding steroid dienone is 1. The molecule has 5 nitrogen and oxygen atoms in total. The predicted molar refractivity (Wildman–Crippen MR) is 70.1 cm³/mol. The molecule has 1 aromatic rings. The van der Waals surface area contributed by atoms with Crippen LogP contribution in [0.15, 0.2) is 35.0 Å². The van der Waals surface area contributed by atoms with Gasteiger partial charge in [0.2, 0.25) is 0 Å². The van der Waals surface area contributed by atoms with Crippen molar-refractivity contribution in [2.24, 2.45) is 10.7 Å². The van der Waals surface area contributed by atoms with Crippen LogP contribution in [-0.2, 0) is 4.79 Å². The summed E-state index contributed by atoms with van der Waals surface area (Å²) in [6.07, 6.45) is 1.35. The van der Waals surface area contributed by atoms with Crippen LogP contribution in [0, 0.1) is 11.6 Å². The lowest BCUT2D eigenvalue weighted by atomic mass is 10.1. The zero-order valence-corrected chi connectivity index (χ0v) is 10.9. The second-order valence-electron chi connectivity index (χ2n) is 3.69. The van der Waals surface area contributed by atoms with Crippen molar-refractivity contribution in [1.29, 1.82) is 0 Å². The van der Waals surface area contributed by atoms with E-state index < -0.39 is 29.0 Å². The van der Waals surface area contributed by atoms with Crippen LogP contribution in [0.2, 0.25) is 0 Å². The number of carbonyl (C=O) groups excluding carboxylic acids is 2. The third-order valence-corrected chi connectivity index (χ3v) is 2.44. The van der Waals surface area contributed by atoms with Gasteiger partial charge in [-0.05, 0) is 19.1 Å². The van der Waals surface area contributed by atoms with Gasteiger partial charge < -0.3 is 11.1 Å². The van der Waals surface area contributed by atoms with Gasteiger partial charge in [0.1, 0.15) is 22.9 Å². The molecule has 0 bridgehead atoms. The Morgan fingerprint density at radius 3 is 2.25 bits per heavy atom. The third-order valence-electron chi connectivity index (χ3n) is 2.44. The van der Waals surface area contributed by atoms with Gasteiger partial charge in [0, 0.05) is 7.05 Å². The van der Waals surface area contributed by atoms with Gasteiger partial charge in [-0.15, -0.1) is 0 Å². The summed E-state index contributed by atoms with van der Waals surface area (Å²) in [5.74, 6) is -3.91. The molecule has 1 rings (SSSR count). The molecule has 0 aromatic heterocycles. The molecule has 0 atom stereocenters. The van der Waals surface area contributed by atoms with Gasteiger partial charge in [-0.2, -0.15) is 0 Å². The molecule has 0 heterocycles. The van der Waals surface area contributed by atoms with Crippen molar-refractivity contribution in [1.82, 2.24) is 5.32 Å². The zero-order chi connectivity index (χ0) is 15.3. The summed E-state index contributed by atoms with van der Waals surface area (Å²) in [4.78, 5) is 26.6. The van der Waals surface area contributed by atoms with E-state index in [1.165, 1.54) is 20.0 Å². The first kappa shape index (κ1) is 15.5. The van der Waals surface area contributed by atoms with Crippen LogP contribution in [-0.4, -0.2) is 24.6 Å². The maximum atomic E-state index is 13.5. The van der Waals surface area contributed by atoms with Gasteiger partial charge in [0.05, 0.1) is 5.70 Å². The summed E-state index contributed by atoms with van der Waals surface area (Å²) < 4.78 is 26.9. The van der Waals surface area contributed by atoms with Gasteiger partial charge in [0.15, 0.2) is 0 Å². The minimum absolute atomic E-state index is 0.0207. The summed E-state index contributed by atoms with van der Waals surface area (Å²) in [7, 11) is 1.30. The number of carbonyl (C=O) groups is 2. The molecule has 0 spiro atoms. The Labute approximate surface area is 114 Å². The second-order valence-corrected chi connectivity index (χ2v) is 3.69. The lowest BCUT2D eigenvalue weighted by molar-refractivity contribution is -0.111. The van der Waals surface area contributed by atoms with Gasteiger partial charge in [0.25, 0.3) is 11.8 Å². The molecular weight excluding hydrogens is 268 g/mol. The van der Waals surface area contributed by atoms with Crippen LogP contribution in [0.3, 0.4) is 0 Å². The number of amides is 2. The fourth-order valence-electron chi connectivity index (χ4n) is 1.53. The average molecular weight is 281 g/mol. The molecule has 3 N–H and O–H groups in total. The third kappa shape index (κ3) is 3.25. The maximum absolute atomic E-state index is 13.5. The standard InChI is InChI=1S/C13H13F2N3O2/c1-3-9(11(17-2)12(16)19)18-13(20)10-7(14)5-4-6-8(10)15/h3-6H,1-2H3,(H2,16,19)(H,18,20)/b9-3+,17-11?. The van der Waals surface area contributed by atoms with E-state index in [1.807, 2.05) is 0 Å². The number of primary amides is 1. The van der Waals surface area contributed by atoms with Crippen molar-refractivity contribution >= 4 is 17.5 Å². The van der Waals surface area contributed by atoms with Crippen molar-refractivity contribution in [3.63, 3.8) is 0 Å². The van der Waals surface area contributed by atoms with E-state index in [2.05, 4.69) is 10.3 Å². The normalized spacial score (nSPS) is 12.2. The quantitative estimate of drug-likeness (QED) is 0.811. The predicted octanol–water partition coefficient (Wildman–Crippen LogP) is 1.15. The molecule has 2 amide bonds. The Morgan fingerprint density at radius 2 is 1.85 bits per heavy atom. The highest BCUT2D eigenvalue weighted by Gasteiger charge is 2.20. The summed E-state index contributed by atoms with van der Waals surface area (Å²) in [5, 5.41) is 2.21. The monoisotopic (exact) mass is 281 g/mol. The Bertz CT molecular complexity index is 589. The second kappa shape index (κ2) is 6.55. The van der Waals surface area contributed by atoms with Crippen LogP contribution in [0.5, 0.6) is 0 Å². The zero-order valence-electron chi connectivity index (χ0n) is 10.9. The highest BCUT2D eigenvalue weighted by molar-refractivity contribution is 6.45. The lowest BCUT2D eigenvalue weighted by Gasteiger charge is -2.10. The topological polar surface area (TPSA) is 84.6 Å². The molecule has 0 saturated carbocycles. The van der Waals surface area contributed by atoms with Crippen LogP contribution >= 0.6 is 0 Å². The smallest absolute Gasteiger partial charge is 0.268 e. The molecule has 0 radical (unpaired) electrons. The molecule has 0 aliphatic carbocycles. The highest BCUT2D eigenvalue weighted by atomic mass is 19.1. The van der Waals surface area contributed by atoms with E-state index in [9.17, 15) is 18.4 Å². The summed E-state index contributed by atoms with van der Waals surface area (Å²) in [6, 6.07) is 3.05. The molecule has 0 aliphatic heterocycles. The van der Waals surface area contributed by atoms with E-state index in [0.29, 0.717) is 0 Å². The lowest BCUT2D eigenvalue weighted by Crippen LogP contribution is -2.35. The summed E-state index contributed by atoms with van der Waals surface area (Å²) in [5.41, 5.74) is 4.13. The Balaban J connectivity index is 3.09. The van der Waals surface area contributed by atoms with Crippen LogP contribution in [0.4, 0.5) is 8.78 Å². The molecule has 1 aromatic carbocycles. The molecule has 0 unspecified atom stereocenters. The van der Waals surface area contributed by atoms with E-state index in [-0.39, 0.29) is 11.4 Å². The number of halogens is 2. The summed E-state index contributed by atoms with van der Waals surface area (Å²) in [6.45, 7) is 1.52. The van der Waals surface area contributed by atoms with Gasteiger partial charge >= 0.3 is 0 Å². The number of hydrogen-bond acceptors (Lipinski definition) is 3. The fraction of sp³-hybridized carbons (Fsp3) is 0.154. The Morgan fingerprint density at radius 1 is 1.30 bits per heavy atom. The SMILES string of the molecule is C/C=C(/NC(=O)c1c(F)cccc1F)C(=NC)C(N)=O. The Hall–Kier alpha value is -2.57. The van der Waals surface area contributed by atoms with Crippen molar-refractivity contribution in [3.8, 4) is 0 Å². The Kier molecular flexibility index (Phi) is 5.08. The first-order valence-corrected chi connectivity index (χ1v) is 5.61. The number of rotatable bonds is 4. The van der Waals surface area contributed by atoms with Gasteiger partial charge in [-0.3, -0.25) is 14.6 Å². The molecule has 20 heavy (non-hydrogen) atoms. The first-order chi connectivity index (χ1) is 9.42. The number of nitrogens with two attached hydrogens (primary N) is 1. The largest absolute Gasteiger partial charge is 0.364 e. The number of benzene rings is 1. The van der Waals surface area contributed by atoms with E-state index in [1.54, 1.807) is 0 Å². The molecule has 106 valence electrons. The molecule has 7 heteroatoms. The van der Waals surface area contributed by atoms with E-state index in [0.717, 1.165) is 18.2 Å². The van der Waals surface area contributed by atoms with Crippen molar-refractivity contribution in [2.45, 2.75) is 6.92 Å². The van der Waals surface area contributed by atoms with Crippen molar-refractivity contribution < 1.29 is 18.4 Å². The fourth-order valence-corrected chi connectivity index (χ4v) is 1.53. The molecular formula is C13H13F2N3O2. The number of aliphatic imine (C=N–C) groups is 1. The van der Waals surface area contributed by atoms with Crippen molar-refractivity contribution in [3.05, 3.63) is 47.2 Å². The summed E-state index contributed by atoms with van der Waals surface area (Å²) >= 11 is 0. The molecule has 0 fully saturated rings. The van der Waals surface area contributed by atoms with E-state index >= 15 is 0 Å². The number of nitrogens with one attached hydrogen (secondary N) is 1. The van der Waals surface area contributed by atoms with E-state index in [4.69, 9.17) is 5.73 Å².